The Morgan fingerprint density at radius 1 is 1.19 bits per heavy atom. The number of halogens is 1. The number of rotatable bonds is 8. The molecule has 1 aliphatic heterocycles. The molecular weight excluding hydrogens is 478 g/mol. The summed E-state index contributed by atoms with van der Waals surface area (Å²) in [6.07, 6.45) is -1.13. The van der Waals surface area contributed by atoms with Crippen LogP contribution in [0.4, 0.5) is 5.82 Å². The van der Waals surface area contributed by atoms with Crippen molar-refractivity contribution in [3.05, 3.63) is 58.6 Å². The Balaban J connectivity index is 1.75. The summed E-state index contributed by atoms with van der Waals surface area (Å²) in [6.45, 7) is 12.6. The van der Waals surface area contributed by atoms with Gasteiger partial charge in [-0.05, 0) is 74.7 Å². The Bertz CT molecular complexity index is 1220. The van der Waals surface area contributed by atoms with E-state index in [9.17, 15) is 9.90 Å². The fourth-order valence-electron chi connectivity index (χ4n) is 4.54. The number of aryl methyl sites for hydroxylation is 1. The molecule has 36 heavy (non-hydrogen) atoms. The molecule has 0 amide bonds. The largest absolute Gasteiger partial charge is 0.479 e. The number of nitrogens with one attached hydrogen (secondary N) is 1. The molecule has 0 unspecified atom stereocenters. The zero-order chi connectivity index (χ0) is 25.9. The highest BCUT2D eigenvalue weighted by Crippen LogP contribution is 2.40. The van der Waals surface area contributed by atoms with Crippen LogP contribution < -0.4 is 5.32 Å². The zero-order valence-corrected chi connectivity index (χ0v) is 22.1. The normalized spacial score (nSPS) is 15.7. The number of carboxylic acids is 1. The van der Waals surface area contributed by atoms with Crippen molar-refractivity contribution in [3.8, 4) is 11.1 Å². The van der Waals surface area contributed by atoms with Crippen LogP contribution in [0.3, 0.4) is 0 Å². The zero-order valence-electron chi connectivity index (χ0n) is 21.3. The maximum atomic E-state index is 12.4. The lowest BCUT2D eigenvalue weighted by Crippen LogP contribution is -2.39. The lowest BCUT2D eigenvalue weighted by Gasteiger charge is -2.28. The number of carbonyl (C=O) groups is 1. The average molecular weight is 512 g/mol. The highest BCUT2D eigenvalue weighted by atomic mass is 35.5. The minimum absolute atomic E-state index is 0.614. The number of benzene rings is 2. The highest BCUT2D eigenvalue weighted by molar-refractivity contribution is 6.30. The third-order valence-corrected chi connectivity index (χ3v) is 6.42. The molecule has 1 aliphatic rings. The first-order chi connectivity index (χ1) is 17.1. The van der Waals surface area contributed by atoms with Crippen molar-refractivity contribution in [2.75, 3.05) is 44.7 Å². The van der Waals surface area contributed by atoms with Gasteiger partial charge in [-0.2, -0.15) is 0 Å². The molecule has 1 fully saturated rings. The highest BCUT2D eigenvalue weighted by Gasteiger charge is 2.31. The van der Waals surface area contributed by atoms with Gasteiger partial charge in [-0.1, -0.05) is 23.7 Å². The van der Waals surface area contributed by atoms with Crippen molar-refractivity contribution in [1.29, 1.82) is 0 Å². The molecule has 192 valence electrons. The second kappa shape index (κ2) is 11.1. The van der Waals surface area contributed by atoms with Gasteiger partial charge in [0.1, 0.15) is 5.82 Å². The van der Waals surface area contributed by atoms with Crippen LogP contribution in [0.5, 0.6) is 0 Å². The summed E-state index contributed by atoms with van der Waals surface area (Å²) in [5, 5.41) is 15.1. The Morgan fingerprint density at radius 2 is 1.89 bits per heavy atom. The van der Waals surface area contributed by atoms with E-state index in [1.807, 2.05) is 70.2 Å². The predicted molar refractivity (Wildman–Crippen MR) is 144 cm³/mol. The van der Waals surface area contributed by atoms with Gasteiger partial charge in [0.05, 0.1) is 24.3 Å². The Kier molecular flexibility index (Phi) is 8.15. The summed E-state index contributed by atoms with van der Waals surface area (Å²) >= 11 is 6.16. The van der Waals surface area contributed by atoms with Crippen molar-refractivity contribution in [2.24, 2.45) is 0 Å². The first-order valence-corrected chi connectivity index (χ1v) is 12.6. The molecule has 4 rings (SSSR count). The van der Waals surface area contributed by atoms with Crippen molar-refractivity contribution in [3.63, 3.8) is 0 Å². The minimum Gasteiger partial charge on any atom is -0.479 e. The van der Waals surface area contributed by atoms with Crippen LogP contribution in [0, 0.1) is 6.92 Å². The van der Waals surface area contributed by atoms with E-state index in [0.717, 1.165) is 72.8 Å². The predicted octanol–water partition coefficient (Wildman–Crippen LogP) is 5.55. The van der Waals surface area contributed by atoms with Crippen LogP contribution in [0.15, 0.2) is 42.5 Å². The number of ether oxygens (including phenoxy) is 2. The van der Waals surface area contributed by atoms with E-state index in [0.29, 0.717) is 10.6 Å². The molecule has 7 nitrogen and oxygen atoms in total. The smallest absolute Gasteiger partial charge is 0.337 e. The van der Waals surface area contributed by atoms with Crippen LogP contribution in [0.2, 0.25) is 5.02 Å². The van der Waals surface area contributed by atoms with Gasteiger partial charge in [0.15, 0.2) is 6.10 Å². The van der Waals surface area contributed by atoms with Gasteiger partial charge in [0.2, 0.25) is 0 Å². The molecule has 2 heterocycles. The number of pyridine rings is 1. The molecule has 2 N–H and O–H groups in total. The van der Waals surface area contributed by atoms with Gasteiger partial charge >= 0.3 is 5.97 Å². The van der Waals surface area contributed by atoms with Gasteiger partial charge < -0.3 is 19.9 Å². The molecule has 1 aromatic heterocycles. The molecule has 8 heteroatoms. The number of aromatic nitrogens is 1. The van der Waals surface area contributed by atoms with Gasteiger partial charge in [0.25, 0.3) is 0 Å². The van der Waals surface area contributed by atoms with Gasteiger partial charge in [-0.25, -0.2) is 9.78 Å². The Labute approximate surface area is 217 Å². The molecule has 3 aromatic rings. The fourth-order valence-corrected chi connectivity index (χ4v) is 4.66. The van der Waals surface area contributed by atoms with Crippen molar-refractivity contribution < 1.29 is 19.4 Å². The second-order valence-electron chi connectivity index (χ2n) is 10.1. The standard InChI is InChI=1S/C28H34ClN3O4/c1-18-17-22-21(9-10-23(31-22)30-11-12-32-13-15-35-16-14-32)25(19-5-7-20(29)8-6-19)24(18)26(27(33)34)36-28(2,3)4/h5-10,17,26H,11-16H2,1-4H3,(H,30,31)(H,33,34)/t26-/m0/s1. The Morgan fingerprint density at radius 3 is 2.53 bits per heavy atom. The van der Waals surface area contributed by atoms with Crippen LogP contribution in [-0.4, -0.2) is 66.0 Å². The fraction of sp³-hybridized carbons (Fsp3) is 0.429. The molecule has 1 atom stereocenters. The molecule has 2 aromatic carbocycles. The summed E-state index contributed by atoms with van der Waals surface area (Å²) in [4.78, 5) is 19.7. The van der Waals surface area contributed by atoms with Crippen LogP contribution in [-0.2, 0) is 14.3 Å². The summed E-state index contributed by atoms with van der Waals surface area (Å²) in [7, 11) is 0. The molecule has 0 spiro atoms. The first-order valence-electron chi connectivity index (χ1n) is 12.3. The van der Waals surface area contributed by atoms with Crippen molar-refractivity contribution in [1.82, 2.24) is 9.88 Å². The topological polar surface area (TPSA) is 83.9 Å². The van der Waals surface area contributed by atoms with E-state index < -0.39 is 17.7 Å². The number of fused-ring (bicyclic) bond motifs is 1. The van der Waals surface area contributed by atoms with E-state index in [1.165, 1.54) is 0 Å². The second-order valence-corrected chi connectivity index (χ2v) is 10.5. The number of nitrogens with zero attached hydrogens (tertiary/aromatic N) is 2. The molecule has 1 saturated heterocycles. The molecular formula is C28H34ClN3O4. The van der Waals surface area contributed by atoms with E-state index in [2.05, 4.69) is 10.2 Å². The average Bonchev–Trinajstić information content (AvgIpc) is 2.82. The van der Waals surface area contributed by atoms with Gasteiger partial charge in [0, 0.05) is 42.2 Å². The van der Waals surface area contributed by atoms with E-state index >= 15 is 0 Å². The maximum absolute atomic E-state index is 12.4. The number of carboxylic acid groups (broad SMARTS) is 1. The summed E-state index contributed by atoms with van der Waals surface area (Å²) in [6, 6.07) is 13.3. The summed E-state index contributed by atoms with van der Waals surface area (Å²) < 4.78 is 11.5. The lowest BCUT2D eigenvalue weighted by molar-refractivity contribution is -0.160. The first kappa shape index (κ1) is 26.4. The van der Waals surface area contributed by atoms with Crippen molar-refractivity contribution >= 4 is 34.3 Å². The Hall–Kier alpha value is -2.71. The monoisotopic (exact) mass is 511 g/mol. The number of anilines is 1. The molecule has 0 radical (unpaired) electrons. The van der Waals surface area contributed by atoms with E-state index in [-0.39, 0.29) is 0 Å². The third-order valence-electron chi connectivity index (χ3n) is 6.17. The maximum Gasteiger partial charge on any atom is 0.337 e. The number of morpholine rings is 1. The van der Waals surface area contributed by atoms with E-state index in [4.69, 9.17) is 26.1 Å². The molecule has 0 bridgehead atoms. The molecule has 0 saturated carbocycles. The van der Waals surface area contributed by atoms with Crippen LogP contribution >= 0.6 is 11.6 Å². The SMILES string of the molecule is Cc1cc2nc(NCCN3CCOCC3)ccc2c(-c2ccc(Cl)cc2)c1[C@H](OC(C)(C)C)C(=O)O. The molecule has 0 aliphatic carbocycles. The number of hydrogen-bond acceptors (Lipinski definition) is 6. The van der Waals surface area contributed by atoms with Gasteiger partial charge in [-0.3, -0.25) is 4.90 Å². The van der Waals surface area contributed by atoms with Crippen LogP contribution in [0.25, 0.3) is 22.0 Å². The van der Waals surface area contributed by atoms with E-state index in [1.54, 1.807) is 0 Å². The summed E-state index contributed by atoms with van der Waals surface area (Å²) in [5.41, 5.74) is 3.24. The minimum atomic E-state index is -1.13. The quantitative estimate of drug-likeness (QED) is 0.410. The lowest BCUT2D eigenvalue weighted by atomic mass is 9.88. The van der Waals surface area contributed by atoms with Gasteiger partial charge in [-0.15, -0.1) is 0 Å². The summed E-state index contributed by atoms with van der Waals surface area (Å²) in [5.74, 6) is -0.248. The number of aliphatic carboxylic acids is 1. The van der Waals surface area contributed by atoms with Crippen molar-refractivity contribution in [2.45, 2.75) is 39.4 Å². The third kappa shape index (κ3) is 6.34. The number of hydrogen-bond donors (Lipinski definition) is 2. The van der Waals surface area contributed by atoms with Crippen LogP contribution in [0.1, 0.15) is 38.0 Å².